The van der Waals surface area contributed by atoms with Crippen molar-refractivity contribution >= 4 is 0 Å². The van der Waals surface area contributed by atoms with E-state index in [0.717, 1.165) is 12.8 Å². The summed E-state index contributed by atoms with van der Waals surface area (Å²) in [6, 6.07) is 3.12. The van der Waals surface area contributed by atoms with Crippen LogP contribution in [0.25, 0.3) is 0 Å². The van der Waals surface area contributed by atoms with E-state index in [0.29, 0.717) is 18.1 Å². The van der Waals surface area contributed by atoms with E-state index in [4.69, 9.17) is 9.15 Å². The molecule has 84 valence electrons. The van der Waals surface area contributed by atoms with E-state index in [9.17, 15) is 4.79 Å². The maximum Gasteiger partial charge on any atom is 0.339 e. The third-order valence-corrected chi connectivity index (χ3v) is 2.11. The SMILES string of the molecule is CCC[C@@H]([NH3+])c1cc(OCC)cc(=O)o1. The Kier molecular flexibility index (Phi) is 4.37. The Morgan fingerprint density at radius 2 is 2.20 bits per heavy atom. The fourth-order valence-electron chi connectivity index (χ4n) is 1.42. The molecule has 1 aromatic rings. The summed E-state index contributed by atoms with van der Waals surface area (Å²) >= 11 is 0. The number of ether oxygens (including phenoxy) is 1. The zero-order valence-corrected chi connectivity index (χ0v) is 9.29. The molecule has 0 aliphatic carbocycles. The molecule has 4 nitrogen and oxygen atoms in total. The third kappa shape index (κ3) is 3.40. The summed E-state index contributed by atoms with van der Waals surface area (Å²) in [5.41, 5.74) is 3.58. The molecule has 0 saturated carbocycles. The number of quaternary nitrogens is 1. The van der Waals surface area contributed by atoms with Crippen LogP contribution in [0.2, 0.25) is 0 Å². The lowest BCUT2D eigenvalue weighted by Crippen LogP contribution is -2.53. The minimum Gasteiger partial charge on any atom is -0.493 e. The van der Waals surface area contributed by atoms with Crippen molar-refractivity contribution in [1.82, 2.24) is 0 Å². The van der Waals surface area contributed by atoms with Crippen LogP contribution in [0.5, 0.6) is 5.75 Å². The largest absolute Gasteiger partial charge is 0.493 e. The monoisotopic (exact) mass is 212 g/mol. The molecule has 0 aromatic carbocycles. The van der Waals surface area contributed by atoms with Gasteiger partial charge in [-0.2, -0.15) is 0 Å². The van der Waals surface area contributed by atoms with E-state index < -0.39 is 0 Å². The maximum atomic E-state index is 11.2. The Balaban J connectivity index is 2.92. The molecule has 0 unspecified atom stereocenters. The highest BCUT2D eigenvalue weighted by molar-refractivity contribution is 5.21. The van der Waals surface area contributed by atoms with Gasteiger partial charge in [-0.25, -0.2) is 4.79 Å². The molecule has 1 rings (SSSR count). The standard InChI is InChI=1S/C11H17NO3/c1-3-5-9(12)10-6-8(14-4-2)7-11(13)15-10/h6-7,9H,3-5,12H2,1-2H3/p+1/t9-/m1/s1. The molecule has 0 amide bonds. The third-order valence-electron chi connectivity index (χ3n) is 2.11. The molecule has 0 aliphatic heterocycles. The second kappa shape index (κ2) is 5.56. The Morgan fingerprint density at radius 1 is 1.47 bits per heavy atom. The lowest BCUT2D eigenvalue weighted by atomic mass is 10.1. The highest BCUT2D eigenvalue weighted by Gasteiger charge is 2.13. The highest BCUT2D eigenvalue weighted by atomic mass is 16.5. The second-order valence-electron chi connectivity index (χ2n) is 3.43. The summed E-state index contributed by atoms with van der Waals surface area (Å²) in [6.07, 6.45) is 1.91. The Hall–Kier alpha value is -1.29. The van der Waals surface area contributed by atoms with Crippen molar-refractivity contribution in [3.8, 4) is 5.75 Å². The van der Waals surface area contributed by atoms with Gasteiger partial charge in [0, 0.05) is 12.5 Å². The van der Waals surface area contributed by atoms with Gasteiger partial charge in [0.05, 0.1) is 12.7 Å². The Labute approximate surface area is 89.0 Å². The summed E-state index contributed by atoms with van der Waals surface area (Å²) in [4.78, 5) is 11.2. The van der Waals surface area contributed by atoms with Gasteiger partial charge in [0.25, 0.3) is 0 Å². The number of hydrogen-bond acceptors (Lipinski definition) is 3. The predicted molar refractivity (Wildman–Crippen MR) is 56.7 cm³/mol. The highest BCUT2D eigenvalue weighted by Crippen LogP contribution is 2.17. The van der Waals surface area contributed by atoms with Gasteiger partial charge in [-0.05, 0) is 6.92 Å². The lowest BCUT2D eigenvalue weighted by molar-refractivity contribution is -0.432. The summed E-state index contributed by atoms with van der Waals surface area (Å²) in [5.74, 6) is 1.17. The van der Waals surface area contributed by atoms with Crippen LogP contribution in [0.15, 0.2) is 21.3 Å². The summed E-state index contributed by atoms with van der Waals surface area (Å²) in [7, 11) is 0. The van der Waals surface area contributed by atoms with Gasteiger partial charge in [-0.15, -0.1) is 0 Å². The molecule has 1 atom stereocenters. The Morgan fingerprint density at radius 3 is 2.80 bits per heavy atom. The number of rotatable bonds is 5. The van der Waals surface area contributed by atoms with E-state index in [1.54, 1.807) is 6.07 Å². The van der Waals surface area contributed by atoms with Crippen molar-refractivity contribution in [1.29, 1.82) is 0 Å². The van der Waals surface area contributed by atoms with E-state index in [1.165, 1.54) is 6.07 Å². The van der Waals surface area contributed by atoms with Crippen LogP contribution in [-0.4, -0.2) is 6.61 Å². The van der Waals surface area contributed by atoms with E-state index in [-0.39, 0.29) is 11.7 Å². The average molecular weight is 212 g/mol. The first-order valence-corrected chi connectivity index (χ1v) is 5.28. The molecule has 0 fully saturated rings. The van der Waals surface area contributed by atoms with Crippen LogP contribution >= 0.6 is 0 Å². The molecule has 15 heavy (non-hydrogen) atoms. The van der Waals surface area contributed by atoms with Crippen molar-refractivity contribution in [3.63, 3.8) is 0 Å². The van der Waals surface area contributed by atoms with Crippen LogP contribution in [0, 0.1) is 0 Å². The normalized spacial score (nSPS) is 12.5. The van der Waals surface area contributed by atoms with E-state index >= 15 is 0 Å². The number of hydrogen-bond donors (Lipinski definition) is 1. The smallest absolute Gasteiger partial charge is 0.339 e. The van der Waals surface area contributed by atoms with Crippen LogP contribution in [0.4, 0.5) is 0 Å². The molecule has 1 aromatic heterocycles. The van der Waals surface area contributed by atoms with Crippen molar-refractivity contribution < 1.29 is 14.9 Å². The molecule has 1 heterocycles. The van der Waals surface area contributed by atoms with Crippen molar-refractivity contribution in [3.05, 3.63) is 28.3 Å². The quantitative estimate of drug-likeness (QED) is 0.795. The first-order valence-electron chi connectivity index (χ1n) is 5.28. The predicted octanol–water partition coefficient (Wildman–Crippen LogP) is 1.12. The first-order chi connectivity index (χ1) is 7.17. The zero-order valence-electron chi connectivity index (χ0n) is 9.29. The molecule has 0 radical (unpaired) electrons. The van der Waals surface area contributed by atoms with Crippen LogP contribution in [0.3, 0.4) is 0 Å². The van der Waals surface area contributed by atoms with Crippen molar-refractivity contribution in [2.24, 2.45) is 0 Å². The lowest BCUT2D eigenvalue weighted by Gasteiger charge is -2.07. The van der Waals surface area contributed by atoms with E-state index in [1.807, 2.05) is 6.92 Å². The molecule has 0 aliphatic rings. The van der Waals surface area contributed by atoms with Gasteiger partial charge in [-0.1, -0.05) is 13.3 Å². The van der Waals surface area contributed by atoms with Crippen LogP contribution < -0.4 is 16.1 Å². The van der Waals surface area contributed by atoms with Crippen molar-refractivity contribution in [2.75, 3.05) is 6.61 Å². The molecular weight excluding hydrogens is 194 g/mol. The topological polar surface area (TPSA) is 67.1 Å². The van der Waals surface area contributed by atoms with Gasteiger partial charge in [0.15, 0.2) is 5.76 Å². The molecule has 4 heteroatoms. The molecule has 3 N–H and O–H groups in total. The second-order valence-corrected chi connectivity index (χ2v) is 3.43. The summed E-state index contributed by atoms with van der Waals surface area (Å²) in [5, 5.41) is 0. The van der Waals surface area contributed by atoms with Crippen LogP contribution in [-0.2, 0) is 0 Å². The summed E-state index contributed by atoms with van der Waals surface area (Å²) < 4.78 is 10.3. The van der Waals surface area contributed by atoms with E-state index in [2.05, 4.69) is 12.7 Å². The van der Waals surface area contributed by atoms with Gasteiger partial charge in [-0.3, -0.25) is 0 Å². The molecule has 0 saturated heterocycles. The fraction of sp³-hybridized carbons (Fsp3) is 0.545. The first kappa shape index (κ1) is 11.8. The molecule has 0 bridgehead atoms. The maximum absolute atomic E-state index is 11.2. The Bertz CT molecular complexity index is 359. The van der Waals surface area contributed by atoms with Gasteiger partial charge < -0.3 is 14.9 Å². The molecular formula is C11H18NO3+. The average Bonchev–Trinajstić information content (AvgIpc) is 2.17. The van der Waals surface area contributed by atoms with Crippen molar-refractivity contribution in [2.45, 2.75) is 32.7 Å². The van der Waals surface area contributed by atoms with Gasteiger partial charge >= 0.3 is 5.63 Å². The minimum absolute atomic E-state index is 0.0168. The zero-order chi connectivity index (χ0) is 11.3. The van der Waals surface area contributed by atoms with Gasteiger partial charge in [0.2, 0.25) is 0 Å². The van der Waals surface area contributed by atoms with Crippen LogP contribution in [0.1, 0.15) is 38.5 Å². The molecule has 0 spiro atoms. The van der Waals surface area contributed by atoms with Gasteiger partial charge in [0.1, 0.15) is 11.8 Å². The minimum atomic E-state index is -0.374. The fourth-order valence-corrected chi connectivity index (χ4v) is 1.42. The summed E-state index contributed by atoms with van der Waals surface area (Å²) in [6.45, 7) is 4.49.